The molecule has 2 N–H and O–H groups in total. The van der Waals surface area contributed by atoms with Crippen LogP contribution in [-0.4, -0.2) is 68.3 Å². The average molecular weight is 266 g/mol. The van der Waals surface area contributed by atoms with Gasteiger partial charge in [0.15, 0.2) is 0 Å². The number of β-amino-alcohol motifs (C(OH)–C–C–N with tert-alkyl or cyclic N) is 1. The molecule has 7 heteroatoms. The molecular formula is C11H20F2N2O3. The molecule has 0 aromatic carbocycles. The molecule has 0 aliphatic carbocycles. The van der Waals surface area contributed by atoms with Crippen LogP contribution in [0.4, 0.5) is 8.78 Å². The first-order chi connectivity index (χ1) is 8.56. The van der Waals surface area contributed by atoms with Crippen molar-refractivity contribution in [1.82, 2.24) is 10.2 Å². The van der Waals surface area contributed by atoms with Gasteiger partial charge in [0, 0.05) is 25.7 Å². The number of piperidine rings is 1. The van der Waals surface area contributed by atoms with E-state index in [-0.39, 0.29) is 31.1 Å². The molecule has 0 bridgehead atoms. The Hall–Kier alpha value is -0.790. The molecule has 1 aliphatic rings. The van der Waals surface area contributed by atoms with Crippen LogP contribution in [0.2, 0.25) is 0 Å². The predicted octanol–water partition coefficient (Wildman–Crippen LogP) is -0.303. The first-order valence-corrected chi connectivity index (χ1v) is 5.99. The maximum absolute atomic E-state index is 12.1. The smallest absolute Gasteiger partial charge is 0.310 e. The average Bonchev–Trinajstić information content (AvgIpc) is 2.35. The van der Waals surface area contributed by atoms with E-state index in [4.69, 9.17) is 5.11 Å². The summed E-state index contributed by atoms with van der Waals surface area (Å²) in [5.41, 5.74) is 0. The number of nitrogens with one attached hydrogen (secondary N) is 1. The Morgan fingerprint density at radius 1 is 1.56 bits per heavy atom. The van der Waals surface area contributed by atoms with E-state index in [1.165, 1.54) is 7.11 Å². The number of carbonyl (C=O) groups excluding carboxylic acids is 1. The SMILES string of the molecule is COC(=O)C1CC(NCC(F)F)CN(CCO)C1. The van der Waals surface area contributed by atoms with Gasteiger partial charge in [0.2, 0.25) is 0 Å². The van der Waals surface area contributed by atoms with Gasteiger partial charge in [-0.15, -0.1) is 0 Å². The highest BCUT2D eigenvalue weighted by molar-refractivity contribution is 5.72. The molecule has 0 saturated carbocycles. The summed E-state index contributed by atoms with van der Waals surface area (Å²) in [5, 5.41) is 11.6. The molecule has 1 fully saturated rings. The first-order valence-electron chi connectivity index (χ1n) is 5.99. The van der Waals surface area contributed by atoms with E-state index < -0.39 is 6.43 Å². The Kier molecular flexibility index (Phi) is 6.45. The number of ether oxygens (including phenoxy) is 1. The zero-order chi connectivity index (χ0) is 13.5. The molecule has 1 heterocycles. The number of rotatable bonds is 6. The number of methoxy groups -OCH3 is 1. The summed E-state index contributed by atoms with van der Waals surface area (Å²) >= 11 is 0. The molecule has 0 amide bonds. The minimum absolute atomic E-state index is 0.0184. The Morgan fingerprint density at radius 3 is 2.83 bits per heavy atom. The van der Waals surface area contributed by atoms with Crippen molar-refractivity contribution >= 4 is 5.97 Å². The van der Waals surface area contributed by atoms with Crippen molar-refractivity contribution in [1.29, 1.82) is 0 Å². The van der Waals surface area contributed by atoms with Crippen LogP contribution in [0.1, 0.15) is 6.42 Å². The summed E-state index contributed by atoms with van der Waals surface area (Å²) in [4.78, 5) is 13.4. The largest absolute Gasteiger partial charge is 0.469 e. The summed E-state index contributed by atoms with van der Waals surface area (Å²) in [6.07, 6.45) is -1.92. The number of hydrogen-bond donors (Lipinski definition) is 2. The summed E-state index contributed by atoms with van der Waals surface area (Å²) in [5.74, 6) is -0.660. The van der Waals surface area contributed by atoms with E-state index in [1.807, 2.05) is 4.90 Å². The molecule has 106 valence electrons. The van der Waals surface area contributed by atoms with Crippen molar-refractivity contribution in [3.05, 3.63) is 0 Å². The molecule has 1 rings (SSSR count). The number of esters is 1. The zero-order valence-electron chi connectivity index (χ0n) is 10.4. The monoisotopic (exact) mass is 266 g/mol. The highest BCUT2D eigenvalue weighted by Crippen LogP contribution is 2.18. The lowest BCUT2D eigenvalue weighted by Crippen LogP contribution is -2.52. The minimum atomic E-state index is -2.41. The summed E-state index contributed by atoms with van der Waals surface area (Å²) < 4.78 is 29.0. The standard InChI is InChI=1S/C11H20F2N2O3/c1-18-11(17)8-4-9(14-5-10(12)13)7-15(6-8)2-3-16/h8-10,14,16H,2-7H2,1H3. The third kappa shape index (κ3) is 4.83. The maximum atomic E-state index is 12.1. The Labute approximate surface area is 105 Å². The van der Waals surface area contributed by atoms with Crippen molar-refractivity contribution in [3.63, 3.8) is 0 Å². The van der Waals surface area contributed by atoms with Gasteiger partial charge in [-0.2, -0.15) is 0 Å². The molecule has 5 nitrogen and oxygen atoms in total. The van der Waals surface area contributed by atoms with Gasteiger partial charge in [-0.25, -0.2) is 8.78 Å². The molecule has 0 spiro atoms. The normalized spacial score (nSPS) is 25.4. The second-order valence-electron chi connectivity index (χ2n) is 4.44. The topological polar surface area (TPSA) is 61.8 Å². The summed E-state index contributed by atoms with van der Waals surface area (Å²) in [6, 6.07) is -0.177. The van der Waals surface area contributed by atoms with Crippen LogP contribution in [0.15, 0.2) is 0 Å². The molecular weight excluding hydrogens is 246 g/mol. The van der Waals surface area contributed by atoms with Gasteiger partial charge in [-0.05, 0) is 6.42 Å². The summed E-state index contributed by atoms with van der Waals surface area (Å²) in [6.45, 7) is 1.09. The van der Waals surface area contributed by atoms with Crippen LogP contribution in [0.3, 0.4) is 0 Å². The number of aliphatic hydroxyl groups is 1. The van der Waals surface area contributed by atoms with Gasteiger partial charge >= 0.3 is 5.97 Å². The van der Waals surface area contributed by atoms with Crippen LogP contribution >= 0.6 is 0 Å². The zero-order valence-corrected chi connectivity index (χ0v) is 10.4. The van der Waals surface area contributed by atoms with E-state index in [1.54, 1.807) is 0 Å². The third-order valence-electron chi connectivity index (χ3n) is 3.04. The number of hydrogen-bond acceptors (Lipinski definition) is 5. The molecule has 2 atom stereocenters. The highest BCUT2D eigenvalue weighted by Gasteiger charge is 2.32. The van der Waals surface area contributed by atoms with Gasteiger partial charge in [0.05, 0.1) is 26.2 Å². The van der Waals surface area contributed by atoms with E-state index in [0.29, 0.717) is 26.1 Å². The lowest BCUT2D eigenvalue weighted by molar-refractivity contribution is -0.147. The van der Waals surface area contributed by atoms with Crippen molar-refractivity contribution < 1.29 is 23.4 Å². The van der Waals surface area contributed by atoms with Gasteiger partial charge in [0.1, 0.15) is 0 Å². The second kappa shape index (κ2) is 7.60. The molecule has 0 radical (unpaired) electrons. The lowest BCUT2D eigenvalue weighted by Gasteiger charge is -2.36. The van der Waals surface area contributed by atoms with Gasteiger partial charge in [-0.3, -0.25) is 9.69 Å². The fourth-order valence-electron chi connectivity index (χ4n) is 2.26. The van der Waals surface area contributed by atoms with E-state index in [2.05, 4.69) is 10.1 Å². The first kappa shape index (κ1) is 15.3. The fraction of sp³-hybridized carbons (Fsp3) is 0.909. The molecule has 18 heavy (non-hydrogen) atoms. The lowest BCUT2D eigenvalue weighted by atomic mass is 9.94. The predicted molar refractivity (Wildman–Crippen MR) is 61.4 cm³/mol. The van der Waals surface area contributed by atoms with Crippen LogP contribution in [-0.2, 0) is 9.53 Å². The van der Waals surface area contributed by atoms with Crippen LogP contribution < -0.4 is 5.32 Å². The quantitative estimate of drug-likeness (QED) is 0.646. The fourth-order valence-corrected chi connectivity index (χ4v) is 2.26. The van der Waals surface area contributed by atoms with Crippen LogP contribution in [0.25, 0.3) is 0 Å². The highest BCUT2D eigenvalue weighted by atomic mass is 19.3. The van der Waals surface area contributed by atoms with E-state index >= 15 is 0 Å². The molecule has 1 aliphatic heterocycles. The second-order valence-corrected chi connectivity index (χ2v) is 4.44. The number of nitrogens with zero attached hydrogens (tertiary/aromatic N) is 1. The maximum Gasteiger partial charge on any atom is 0.310 e. The minimum Gasteiger partial charge on any atom is -0.469 e. The number of carbonyl (C=O) groups is 1. The van der Waals surface area contributed by atoms with Crippen molar-refractivity contribution in [2.75, 3.05) is 39.9 Å². The Bertz CT molecular complexity index is 267. The van der Waals surface area contributed by atoms with Crippen molar-refractivity contribution in [2.24, 2.45) is 5.92 Å². The van der Waals surface area contributed by atoms with Crippen molar-refractivity contribution in [3.8, 4) is 0 Å². The number of aliphatic hydroxyl groups excluding tert-OH is 1. The van der Waals surface area contributed by atoms with Gasteiger partial charge < -0.3 is 15.2 Å². The summed E-state index contributed by atoms with van der Waals surface area (Å²) in [7, 11) is 1.31. The van der Waals surface area contributed by atoms with Crippen LogP contribution in [0.5, 0.6) is 0 Å². The van der Waals surface area contributed by atoms with E-state index in [9.17, 15) is 13.6 Å². The number of likely N-dealkylation sites (tertiary alicyclic amines) is 1. The Morgan fingerprint density at radius 2 is 2.28 bits per heavy atom. The van der Waals surface area contributed by atoms with Gasteiger partial charge in [0.25, 0.3) is 6.43 Å². The van der Waals surface area contributed by atoms with Crippen LogP contribution in [0, 0.1) is 5.92 Å². The van der Waals surface area contributed by atoms with Crippen molar-refractivity contribution in [2.45, 2.75) is 18.9 Å². The number of halogens is 2. The molecule has 1 saturated heterocycles. The van der Waals surface area contributed by atoms with Gasteiger partial charge in [-0.1, -0.05) is 0 Å². The Balaban J connectivity index is 2.53. The molecule has 2 unspecified atom stereocenters. The number of alkyl halides is 2. The molecule has 0 aromatic rings. The third-order valence-corrected chi connectivity index (χ3v) is 3.04. The van der Waals surface area contributed by atoms with E-state index in [0.717, 1.165) is 0 Å². The molecule has 0 aromatic heterocycles.